The van der Waals surface area contributed by atoms with Gasteiger partial charge in [0, 0.05) is 14.6 Å². The molecule has 0 bridgehead atoms. The Morgan fingerprint density at radius 3 is 2.06 bits per heavy atom. The van der Waals surface area contributed by atoms with Gasteiger partial charge in [0.15, 0.2) is 0 Å². The summed E-state index contributed by atoms with van der Waals surface area (Å²) in [6.07, 6.45) is 4.54. The third-order valence-electron chi connectivity index (χ3n) is 6.07. The summed E-state index contributed by atoms with van der Waals surface area (Å²) in [7, 11) is -0.614. The lowest BCUT2D eigenvalue weighted by Gasteiger charge is -2.40. The maximum absolute atomic E-state index is 6.25. The normalized spacial score (nSPS) is 21.6. The molecule has 31 heavy (non-hydrogen) atoms. The predicted molar refractivity (Wildman–Crippen MR) is 131 cm³/mol. The summed E-state index contributed by atoms with van der Waals surface area (Å²) in [6.45, 7) is 1.79. The van der Waals surface area contributed by atoms with Crippen LogP contribution in [0, 0.1) is 0 Å². The molecule has 2 atom stereocenters. The van der Waals surface area contributed by atoms with Crippen molar-refractivity contribution in [2.75, 3.05) is 13.2 Å². The first kappa shape index (κ1) is 20.4. The predicted octanol–water partition coefficient (Wildman–Crippen LogP) is 4.93. The Hall–Kier alpha value is -2.48. The first-order valence-electron chi connectivity index (χ1n) is 11.3. The zero-order valence-corrected chi connectivity index (χ0v) is 18.7. The number of hydrogen-bond donors (Lipinski definition) is 0. The number of piperidine rings is 1. The molecule has 3 aromatic carbocycles. The summed E-state index contributed by atoms with van der Waals surface area (Å²) in [5, 5.41) is 2.80. The highest BCUT2D eigenvalue weighted by Gasteiger charge is 2.37. The van der Waals surface area contributed by atoms with Crippen LogP contribution >= 0.6 is 8.07 Å². The van der Waals surface area contributed by atoms with Crippen LogP contribution in [0.4, 0.5) is 0 Å². The minimum absolute atomic E-state index is 0.223. The van der Waals surface area contributed by atoms with Crippen molar-refractivity contribution in [3.8, 4) is 0 Å². The zero-order chi connectivity index (χ0) is 20.9. The van der Waals surface area contributed by atoms with Crippen molar-refractivity contribution < 1.29 is 4.74 Å². The molecule has 4 heteroatoms. The van der Waals surface area contributed by atoms with Gasteiger partial charge < -0.3 is 4.74 Å². The Bertz CT molecular complexity index is 954. The summed E-state index contributed by atoms with van der Waals surface area (Å²) >= 11 is 0. The van der Waals surface area contributed by atoms with Crippen LogP contribution in [0.2, 0.25) is 0 Å². The molecule has 3 aromatic rings. The van der Waals surface area contributed by atoms with Gasteiger partial charge in [-0.3, -0.25) is 4.67 Å². The van der Waals surface area contributed by atoms with E-state index in [0.717, 1.165) is 25.3 Å². The van der Waals surface area contributed by atoms with Crippen molar-refractivity contribution in [2.45, 2.75) is 37.8 Å². The molecule has 0 aliphatic carbocycles. The van der Waals surface area contributed by atoms with Gasteiger partial charge in [-0.05, 0) is 35.4 Å². The first-order valence-corrected chi connectivity index (χ1v) is 12.6. The van der Waals surface area contributed by atoms with Crippen LogP contribution in [0.3, 0.4) is 0 Å². The molecule has 158 valence electrons. The molecular formula is C27H29N2OP. The maximum atomic E-state index is 6.25. The number of nitrogens with zero attached hydrogens (tertiary/aromatic N) is 2. The molecule has 0 spiro atoms. The number of rotatable bonds is 6. The van der Waals surface area contributed by atoms with E-state index >= 15 is 0 Å². The highest BCUT2D eigenvalue weighted by atomic mass is 31.1. The minimum Gasteiger partial charge on any atom is -0.478 e. The van der Waals surface area contributed by atoms with E-state index < -0.39 is 8.07 Å². The Labute approximate surface area is 186 Å². The molecule has 3 nitrogen and oxygen atoms in total. The average Bonchev–Trinajstić information content (AvgIpc) is 3.30. The monoisotopic (exact) mass is 428 g/mol. The lowest BCUT2D eigenvalue weighted by atomic mass is 10.0. The van der Waals surface area contributed by atoms with Crippen molar-refractivity contribution in [1.29, 1.82) is 0 Å². The van der Waals surface area contributed by atoms with Crippen molar-refractivity contribution in [3.63, 3.8) is 0 Å². The van der Waals surface area contributed by atoms with E-state index in [1.54, 1.807) is 0 Å². The Balaban J connectivity index is 1.43. The fourth-order valence-electron chi connectivity index (χ4n) is 4.60. The van der Waals surface area contributed by atoms with Gasteiger partial charge in [0.05, 0.1) is 12.1 Å². The molecule has 2 heterocycles. The van der Waals surface area contributed by atoms with E-state index in [0.29, 0.717) is 6.61 Å². The van der Waals surface area contributed by atoms with Gasteiger partial charge in [-0.15, -0.1) is 0 Å². The minimum atomic E-state index is -0.614. The van der Waals surface area contributed by atoms with Crippen LogP contribution in [0.15, 0.2) is 96.0 Å². The molecule has 2 aliphatic rings. The number of hydrogen-bond acceptors (Lipinski definition) is 3. The Morgan fingerprint density at radius 2 is 1.42 bits per heavy atom. The standard InChI is InChI=1S/C27H29N2OP/c1-4-12-22(13-5-1)20-23-21-30-27(28-23)26-18-10-11-19-29(26)31(24-14-6-2-7-15-24)25-16-8-3-9-17-25/h1-9,12-17,23,26H,10-11,18-21H2/t23-,26-/m1/s1. The van der Waals surface area contributed by atoms with Gasteiger partial charge in [-0.2, -0.15) is 0 Å². The fourth-order valence-corrected chi connectivity index (χ4v) is 7.23. The molecule has 0 unspecified atom stereocenters. The van der Waals surface area contributed by atoms with Crippen molar-refractivity contribution in [1.82, 2.24) is 4.67 Å². The van der Waals surface area contributed by atoms with Crippen LogP contribution in [-0.4, -0.2) is 35.8 Å². The molecule has 0 aromatic heterocycles. The number of benzene rings is 3. The van der Waals surface area contributed by atoms with Crippen molar-refractivity contribution in [2.24, 2.45) is 4.99 Å². The first-order chi connectivity index (χ1) is 15.4. The Kier molecular flexibility index (Phi) is 6.43. The smallest absolute Gasteiger partial charge is 0.201 e. The average molecular weight is 429 g/mol. The molecule has 0 N–H and O–H groups in total. The Morgan fingerprint density at radius 1 is 0.806 bits per heavy atom. The third-order valence-corrected chi connectivity index (χ3v) is 8.63. The van der Waals surface area contributed by atoms with Crippen LogP contribution < -0.4 is 10.6 Å². The molecule has 1 saturated heterocycles. The van der Waals surface area contributed by atoms with Crippen LogP contribution in [0.5, 0.6) is 0 Å². The largest absolute Gasteiger partial charge is 0.478 e. The van der Waals surface area contributed by atoms with E-state index in [2.05, 4.69) is 95.7 Å². The lowest BCUT2D eigenvalue weighted by Crippen LogP contribution is -2.45. The van der Waals surface area contributed by atoms with Gasteiger partial charge in [-0.1, -0.05) is 97.4 Å². The molecule has 0 amide bonds. The summed E-state index contributed by atoms with van der Waals surface area (Å²) in [6, 6.07) is 33.1. The second-order valence-corrected chi connectivity index (χ2v) is 10.4. The van der Waals surface area contributed by atoms with Crippen molar-refractivity contribution in [3.05, 3.63) is 96.6 Å². The quantitative estimate of drug-likeness (QED) is 0.520. The highest BCUT2D eigenvalue weighted by molar-refractivity contribution is 7.70. The molecule has 5 rings (SSSR count). The summed E-state index contributed by atoms with van der Waals surface area (Å²) in [5.41, 5.74) is 1.33. The molecular weight excluding hydrogens is 399 g/mol. The van der Waals surface area contributed by atoms with Crippen LogP contribution in [0.25, 0.3) is 0 Å². The topological polar surface area (TPSA) is 24.8 Å². The van der Waals surface area contributed by atoms with E-state index in [1.165, 1.54) is 29.0 Å². The SMILES string of the molecule is c1ccc(C[C@@H]2COC([C@H]3CCCCN3P(c3ccccc3)c3ccccc3)=N2)cc1. The van der Waals surface area contributed by atoms with Gasteiger partial charge in [0.2, 0.25) is 5.90 Å². The summed E-state index contributed by atoms with van der Waals surface area (Å²) in [5.74, 6) is 0.958. The number of aliphatic imine (C=N–C) groups is 1. The molecule has 0 radical (unpaired) electrons. The molecule has 1 fully saturated rings. The molecule has 0 saturated carbocycles. The molecule has 2 aliphatic heterocycles. The van der Waals surface area contributed by atoms with Crippen LogP contribution in [0.1, 0.15) is 24.8 Å². The van der Waals surface area contributed by atoms with Gasteiger partial charge in [0.25, 0.3) is 0 Å². The zero-order valence-electron chi connectivity index (χ0n) is 17.8. The second-order valence-electron chi connectivity index (χ2n) is 8.28. The summed E-state index contributed by atoms with van der Waals surface area (Å²) in [4.78, 5) is 5.09. The van der Waals surface area contributed by atoms with Gasteiger partial charge in [-0.25, -0.2) is 4.99 Å². The van der Waals surface area contributed by atoms with E-state index in [4.69, 9.17) is 9.73 Å². The lowest BCUT2D eigenvalue weighted by molar-refractivity contribution is 0.254. The van der Waals surface area contributed by atoms with Gasteiger partial charge in [0.1, 0.15) is 6.61 Å². The van der Waals surface area contributed by atoms with E-state index in [1.807, 2.05) is 0 Å². The van der Waals surface area contributed by atoms with Gasteiger partial charge >= 0.3 is 0 Å². The fraction of sp³-hybridized carbons (Fsp3) is 0.296. The third kappa shape index (κ3) is 4.74. The highest BCUT2D eigenvalue weighted by Crippen LogP contribution is 2.43. The maximum Gasteiger partial charge on any atom is 0.201 e. The second kappa shape index (κ2) is 9.77. The van der Waals surface area contributed by atoms with Crippen LogP contribution in [-0.2, 0) is 11.2 Å². The number of ether oxygens (including phenoxy) is 1. The van der Waals surface area contributed by atoms with E-state index in [9.17, 15) is 0 Å². The van der Waals surface area contributed by atoms with Crippen molar-refractivity contribution >= 4 is 24.6 Å². The summed E-state index contributed by atoms with van der Waals surface area (Å²) < 4.78 is 8.94. The van der Waals surface area contributed by atoms with E-state index in [-0.39, 0.29) is 12.1 Å².